The van der Waals surface area contributed by atoms with Crippen LogP contribution in [-0.4, -0.2) is 26.0 Å². The van der Waals surface area contributed by atoms with Crippen LogP contribution in [-0.2, 0) is 12.8 Å². The number of rotatable bonds is 2. The summed E-state index contributed by atoms with van der Waals surface area (Å²) in [6.07, 6.45) is 3.34. The maximum Gasteiger partial charge on any atom is 0.338 e. The maximum atomic E-state index is 11.2. The topological polar surface area (TPSA) is 78.9 Å². The van der Waals surface area contributed by atoms with E-state index in [9.17, 15) is 9.90 Å². The lowest BCUT2D eigenvalue weighted by Gasteiger charge is -2.03. The van der Waals surface area contributed by atoms with Crippen LogP contribution < -0.4 is 0 Å². The standard InChI is InChI=1S/C16H13N3O2/c20-16(21)12-5-6-17-15-13(12)18-14(19-15)11-7-9-3-1-2-4-10(9)8-11/h1-6,11H,7-8H2,(H,20,21)(H,17,18,19). The summed E-state index contributed by atoms with van der Waals surface area (Å²) in [5, 5.41) is 9.22. The molecule has 1 aromatic carbocycles. The number of carboxylic acid groups (broad SMARTS) is 1. The Hall–Kier alpha value is -2.69. The van der Waals surface area contributed by atoms with E-state index in [2.05, 4.69) is 27.1 Å². The Morgan fingerprint density at radius 3 is 2.57 bits per heavy atom. The molecule has 1 aliphatic carbocycles. The molecule has 1 aliphatic rings. The van der Waals surface area contributed by atoms with Gasteiger partial charge in [0.05, 0.1) is 11.1 Å². The molecule has 0 aliphatic heterocycles. The van der Waals surface area contributed by atoms with E-state index >= 15 is 0 Å². The molecule has 0 saturated carbocycles. The number of aromatic nitrogens is 3. The predicted molar refractivity (Wildman–Crippen MR) is 77.4 cm³/mol. The molecular weight excluding hydrogens is 266 g/mol. The first-order valence-corrected chi connectivity index (χ1v) is 6.87. The first kappa shape index (κ1) is 12.1. The summed E-state index contributed by atoms with van der Waals surface area (Å²) in [6.45, 7) is 0. The number of carboxylic acids is 1. The van der Waals surface area contributed by atoms with Gasteiger partial charge in [-0.1, -0.05) is 24.3 Å². The number of aromatic amines is 1. The smallest absolute Gasteiger partial charge is 0.338 e. The van der Waals surface area contributed by atoms with Crippen LogP contribution in [0, 0.1) is 0 Å². The second kappa shape index (κ2) is 4.41. The van der Waals surface area contributed by atoms with Gasteiger partial charge in [0, 0.05) is 12.1 Å². The third-order valence-corrected chi connectivity index (χ3v) is 4.08. The van der Waals surface area contributed by atoms with Gasteiger partial charge in [-0.25, -0.2) is 14.8 Å². The van der Waals surface area contributed by atoms with Gasteiger partial charge in [0.2, 0.25) is 0 Å². The molecule has 2 heterocycles. The van der Waals surface area contributed by atoms with Crippen LogP contribution in [0.25, 0.3) is 11.2 Å². The van der Waals surface area contributed by atoms with Crippen molar-refractivity contribution in [2.45, 2.75) is 18.8 Å². The summed E-state index contributed by atoms with van der Waals surface area (Å²) < 4.78 is 0. The van der Waals surface area contributed by atoms with Crippen molar-refractivity contribution in [1.82, 2.24) is 15.0 Å². The molecule has 21 heavy (non-hydrogen) atoms. The van der Waals surface area contributed by atoms with Crippen LogP contribution in [0.5, 0.6) is 0 Å². The number of hydrogen-bond acceptors (Lipinski definition) is 3. The zero-order valence-electron chi connectivity index (χ0n) is 11.2. The fraction of sp³-hybridized carbons (Fsp3) is 0.188. The number of nitrogens with zero attached hydrogens (tertiary/aromatic N) is 2. The summed E-state index contributed by atoms with van der Waals surface area (Å²) in [6, 6.07) is 9.86. The van der Waals surface area contributed by atoms with Gasteiger partial charge in [-0.05, 0) is 30.0 Å². The molecule has 104 valence electrons. The minimum absolute atomic E-state index is 0.217. The number of benzene rings is 1. The van der Waals surface area contributed by atoms with E-state index in [0.717, 1.165) is 18.7 Å². The predicted octanol–water partition coefficient (Wildman–Crippen LogP) is 2.54. The number of pyridine rings is 1. The second-order valence-corrected chi connectivity index (χ2v) is 5.36. The fourth-order valence-electron chi connectivity index (χ4n) is 3.05. The van der Waals surface area contributed by atoms with Crippen molar-refractivity contribution in [3.63, 3.8) is 0 Å². The van der Waals surface area contributed by atoms with Crippen LogP contribution in [0.15, 0.2) is 36.5 Å². The van der Waals surface area contributed by atoms with Gasteiger partial charge in [0.1, 0.15) is 5.82 Å². The van der Waals surface area contributed by atoms with Gasteiger partial charge in [-0.2, -0.15) is 0 Å². The average Bonchev–Trinajstić information content (AvgIpc) is 3.09. The zero-order chi connectivity index (χ0) is 14.4. The summed E-state index contributed by atoms with van der Waals surface area (Å²) in [7, 11) is 0. The Morgan fingerprint density at radius 1 is 1.19 bits per heavy atom. The number of imidazole rings is 1. The van der Waals surface area contributed by atoms with Gasteiger partial charge in [0.25, 0.3) is 0 Å². The minimum atomic E-state index is -0.965. The van der Waals surface area contributed by atoms with E-state index in [-0.39, 0.29) is 11.5 Å². The summed E-state index contributed by atoms with van der Waals surface area (Å²) in [5.74, 6) is 0.118. The second-order valence-electron chi connectivity index (χ2n) is 5.36. The summed E-state index contributed by atoms with van der Waals surface area (Å²) >= 11 is 0. The average molecular weight is 279 g/mol. The van der Waals surface area contributed by atoms with Crippen molar-refractivity contribution in [1.29, 1.82) is 0 Å². The molecule has 0 saturated heterocycles. The first-order valence-electron chi connectivity index (χ1n) is 6.87. The molecule has 3 aromatic rings. The SMILES string of the molecule is O=C(O)c1ccnc2nc(C3Cc4ccccc4C3)[nH]c12. The summed E-state index contributed by atoms with van der Waals surface area (Å²) in [5.41, 5.74) is 3.88. The fourth-order valence-corrected chi connectivity index (χ4v) is 3.05. The molecule has 0 fully saturated rings. The minimum Gasteiger partial charge on any atom is -0.478 e. The molecule has 0 bridgehead atoms. The lowest BCUT2D eigenvalue weighted by Crippen LogP contribution is -2.00. The van der Waals surface area contributed by atoms with Gasteiger partial charge < -0.3 is 10.1 Å². The molecule has 5 nitrogen and oxygen atoms in total. The molecule has 0 unspecified atom stereocenters. The number of fused-ring (bicyclic) bond motifs is 2. The number of nitrogens with one attached hydrogen (secondary N) is 1. The normalized spacial score (nSPS) is 14.5. The van der Waals surface area contributed by atoms with E-state index in [1.807, 2.05) is 12.1 Å². The number of H-pyrrole nitrogens is 1. The molecule has 0 amide bonds. The van der Waals surface area contributed by atoms with E-state index in [0.29, 0.717) is 11.2 Å². The van der Waals surface area contributed by atoms with Crippen molar-refractivity contribution < 1.29 is 9.90 Å². The highest BCUT2D eigenvalue weighted by molar-refractivity contribution is 5.99. The third-order valence-electron chi connectivity index (χ3n) is 4.08. The molecule has 0 spiro atoms. The van der Waals surface area contributed by atoms with E-state index < -0.39 is 5.97 Å². The molecule has 4 rings (SSSR count). The van der Waals surface area contributed by atoms with E-state index in [1.54, 1.807) is 0 Å². The van der Waals surface area contributed by atoms with Crippen molar-refractivity contribution in [2.75, 3.05) is 0 Å². The molecule has 2 N–H and O–H groups in total. The maximum absolute atomic E-state index is 11.2. The number of carbonyl (C=O) groups is 1. The highest BCUT2D eigenvalue weighted by Crippen LogP contribution is 2.33. The zero-order valence-corrected chi connectivity index (χ0v) is 11.2. The molecule has 2 aromatic heterocycles. The molecule has 0 radical (unpaired) electrons. The van der Waals surface area contributed by atoms with Crippen molar-refractivity contribution >= 4 is 17.1 Å². The van der Waals surface area contributed by atoms with Gasteiger partial charge in [0.15, 0.2) is 5.65 Å². The highest BCUT2D eigenvalue weighted by Gasteiger charge is 2.26. The molecular formula is C16H13N3O2. The Bertz CT molecular complexity index is 829. The monoisotopic (exact) mass is 279 g/mol. The molecule has 5 heteroatoms. The van der Waals surface area contributed by atoms with Crippen LogP contribution in [0.1, 0.15) is 33.2 Å². The van der Waals surface area contributed by atoms with Crippen molar-refractivity contribution in [3.05, 3.63) is 59.0 Å². The van der Waals surface area contributed by atoms with Crippen LogP contribution in [0.4, 0.5) is 0 Å². The lowest BCUT2D eigenvalue weighted by molar-refractivity contribution is 0.0698. The van der Waals surface area contributed by atoms with Gasteiger partial charge in [-0.15, -0.1) is 0 Å². The van der Waals surface area contributed by atoms with Gasteiger partial charge >= 0.3 is 5.97 Å². The molecule has 0 atom stereocenters. The first-order chi connectivity index (χ1) is 10.2. The Balaban J connectivity index is 1.76. The van der Waals surface area contributed by atoms with Crippen LogP contribution in [0.3, 0.4) is 0 Å². The van der Waals surface area contributed by atoms with E-state index in [1.165, 1.54) is 23.4 Å². The van der Waals surface area contributed by atoms with Gasteiger partial charge in [-0.3, -0.25) is 0 Å². The van der Waals surface area contributed by atoms with Crippen molar-refractivity contribution in [3.8, 4) is 0 Å². The van der Waals surface area contributed by atoms with E-state index in [4.69, 9.17) is 0 Å². The Morgan fingerprint density at radius 2 is 1.90 bits per heavy atom. The van der Waals surface area contributed by atoms with Crippen LogP contribution in [0.2, 0.25) is 0 Å². The Kier molecular flexibility index (Phi) is 2.54. The Labute approximate surface area is 120 Å². The largest absolute Gasteiger partial charge is 0.478 e. The third kappa shape index (κ3) is 1.89. The quantitative estimate of drug-likeness (QED) is 0.755. The highest BCUT2D eigenvalue weighted by atomic mass is 16.4. The van der Waals surface area contributed by atoms with Crippen LogP contribution >= 0.6 is 0 Å². The number of hydrogen-bond donors (Lipinski definition) is 2. The summed E-state index contributed by atoms with van der Waals surface area (Å²) in [4.78, 5) is 23.1. The lowest BCUT2D eigenvalue weighted by atomic mass is 10.1. The van der Waals surface area contributed by atoms with Crippen molar-refractivity contribution in [2.24, 2.45) is 0 Å². The number of aromatic carboxylic acids is 1.